The van der Waals surface area contributed by atoms with E-state index in [1.165, 1.54) is 16.7 Å². The molecule has 0 saturated carbocycles. The van der Waals surface area contributed by atoms with Gasteiger partial charge in [-0.05, 0) is 61.6 Å². The molecule has 1 saturated heterocycles. The molecular formula is C19H22FN. The van der Waals surface area contributed by atoms with Gasteiger partial charge in [0.1, 0.15) is 5.82 Å². The second-order valence-electron chi connectivity index (χ2n) is 6.12. The molecule has 110 valence electrons. The molecule has 3 rings (SSSR count). The summed E-state index contributed by atoms with van der Waals surface area (Å²) in [4.78, 5) is 0. The van der Waals surface area contributed by atoms with E-state index in [2.05, 4.69) is 36.5 Å². The topological polar surface area (TPSA) is 12.0 Å². The zero-order valence-corrected chi connectivity index (χ0v) is 12.7. The molecule has 0 radical (unpaired) electrons. The van der Waals surface area contributed by atoms with E-state index in [9.17, 15) is 4.39 Å². The summed E-state index contributed by atoms with van der Waals surface area (Å²) in [6, 6.07) is 14.1. The fourth-order valence-corrected chi connectivity index (χ4v) is 3.45. The van der Waals surface area contributed by atoms with Crippen LogP contribution in [0.25, 0.3) is 0 Å². The first-order valence-corrected chi connectivity index (χ1v) is 7.68. The molecule has 1 nitrogen and oxygen atoms in total. The molecule has 2 aromatic rings. The van der Waals surface area contributed by atoms with Gasteiger partial charge in [-0.3, -0.25) is 0 Å². The fraction of sp³-hybridized carbons (Fsp3) is 0.368. The van der Waals surface area contributed by atoms with E-state index in [-0.39, 0.29) is 5.82 Å². The number of benzene rings is 2. The normalized spacial score (nSPS) is 22.2. The highest BCUT2D eigenvalue weighted by Crippen LogP contribution is 2.38. The third kappa shape index (κ3) is 3.01. The van der Waals surface area contributed by atoms with E-state index >= 15 is 0 Å². The van der Waals surface area contributed by atoms with Crippen molar-refractivity contribution in [3.63, 3.8) is 0 Å². The van der Waals surface area contributed by atoms with Crippen molar-refractivity contribution < 1.29 is 4.39 Å². The Morgan fingerprint density at radius 1 is 1.00 bits per heavy atom. The number of rotatable bonds is 2. The molecule has 0 bridgehead atoms. The summed E-state index contributed by atoms with van der Waals surface area (Å²) < 4.78 is 13.4. The number of piperidine rings is 1. The molecule has 2 atom stereocenters. The quantitative estimate of drug-likeness (QED) is 0.866. The number of nitrogens with one attached hydrogen (secondary N) is 1. The third-order valence-electron chi connectivity index (χ3n) is 4.62. The second kappa shape index (κ2) is 5.98. The first-order chi connectivity index (χ1) is 10.1. The van der Waals surface area contributed by atoms with E-state index in [0.717, 1.165) is 25.1 Å². The van der Waals surface area contributed by atoms with Crippen LogP contribution in [0.3, 0.4) is 0 Å². The first kappa shape index (κ1) is 14.3. The Hall–Kier alpha value is -1.67. The molecule has 1 fully saturated rings. The van der Waals surface area contributed by atoms with Crippen molar-refractivity contribution in [3.8, 4) is 0 Å². The smallest absolute Gasteiger partial charge is 0.123 e. The van der Waals surface area contributed by atoms with Crippen molar-refractivity contribution in [1.29, 1.82) is 0 Å². The van der Waals surface area contributed by atoms with Gasteiger partial charge in [-0.15, -0.1) is 0 Å². The summed E-state index contributed by atoms with van der Waals surface area (Å²) in [6.07, 6.45) is 1.10. The predicted molar refractivity (Wildman–Crippen MR) is 85.3 cm³/mol. The lowest BCUT2D eigenvalue weighted by Crippen LogP contribution is -2.34. The van der Waals surface area contributed by atoms with Crippen molar-refractivity contribution in [2.24, 2.45) is 0 Å². The van der Waals surface area contributed by atoms with E-state index in [1.54, 1.807) is 12.1 Å². The molecule has 2 aromatic carbocycles. The molecule has 1 aliphatic heterocycles. The Morgan fingerprint density at radius 3 is 2.48 bits per heavy atom. The summed E-state index contributed by atoms with van der Waals surface area (Å²) in [6.45, 7) is 6.16. The molecular weight excluding hydrogens is 261 g/mol. The lowest BCUT2D eigenvalue weighted by Gasteiger charge is -2.34. The lowest BCUT2D eigenvalue weighted by molar-refractivity contribution is 0.402. The van der Waals surface area contributed by atoms with Crippen LogP contribution in [0.4, 0.5) is 4.39 Å². The van der Waals surface area contributed by atoms with Gasteiger partial charge in [0.2, 0.25) is 0 Å². The highest BCUT2D eigenvalue weighted by Gasteiger charge is 2.28. The number of hydrogen-bond donors (Lipinski definition) is 1. The van der Waals surface area contributed by atoms with Crippen LogP contribution in [0, 0.1) is 19.7 Å². The SMILES string of the molecule is Cc1ccc(C2CNCCC2c2ccc(F)cc2C)cc1. The molecule has 2 heteroatoms. The number of halogens is 1. The molecule has 1 N–H and O–H groups in total. The highest BCUT2D eigenvalue weighted by molar-refractivity contribution is 5.36. The van der Waals surface area contributed by atoms with Crippen molar-refractivity contribution in [2.45, 2.75) is 32.1 Å². The second-order valence-corrected chi connectivity index (χ2v) is 6.12. The van der Waals surface area contributed by atoms with Crippen molar-refractivity contribution in [3.05, 3.63) is 70.5 Å². The minimum atomic E-state index is -0.142. The predicted octanol–water partition coefficient (Wildman–Crippen LogP) is 4.30. The van der Waals surface area contributed by atoms with Crippen LogP contribution in [-0.4, -0.2) is 13.1 Å². The van der Waals surface area contributed by atoms with Gasteiger partial charge in [0.05, 0.1) is 0 Å². The van der Waals surface area contributed by atoms with Gasteiger partial charge in [0, 0.05) is 12.5 Å². The Bertz CT molecular complexity index is 618. The zero-order chi connectivity index (χ0) is 14.8. The number of aryl methyl sites for hydroxylation is 2. The zero-order valence-electron chi connectivity index (χ0n) is 12.7. The maximum Gasteiger partial charge on any atom is 0.123 e. The average molecular weight is 283 g/mol. The largest absolute Gasteiger partial charge is 0.316 e. The first-order valence-electron chi connectivity index (χ1n) is 7.68. The summed E-state index contributed by atoms with van der Waals surface area (Å²) in [5, 5.41) is 3.50. The Balaban J connectivity index is 1.96. The van der Waals surface area contributed by atoms with E-state index < -0.39 is 0 Å². The summed E-state index contributed by atoms with van der Waals surface area (Å²) >= 11 is 0. The van der Waals surface area contributed by atoms with Crippen LogP contribution >= 0.6 is 0 Å². The summed E-state index contributed by atoms with van der Waals surface area (Å²) in [5.41, 5.74) is 5.03. The van der Waals surface area contributed by atoms with E-state index in [1.807, 2.05) is 13.0 Å². The van der Waals surface area contributed by atoms with Crippen LogP contribution < -0.4 is 5.32 Å². The molecule has 0 spiro atoms. The van der Waals surface area contributed by atoms with E-state index in [0.29, 0.717) is 11.8 Å². The van der Waals surface area contributed by atoms with Gasteiger partial charge in [-0.25, -0.2) is 4.39 Å². The maximum absolute atomic E-state index is 13.4. The Kier molecular flexibility index (Phi) is 4.07. The molecule has 21 heavy (non-hydrogen) atoms. The molecule has 0 aromatic heterocycles. The summed E-state index contributed by atoms with van der Waals surface area (Å²) in [5.74, 6) is 0.787. The lowest BCUT2D eigenvalue weighted by atomic mass is 9.76. The summed E-state index contributed by atoms with van der Waals surface area (Å²) in [7, 11) is 0. The maximum atomic E-state index is 13.4. The van der Waals surface area contributed by atoms with Gasteiger partial charge >= 0.3 is 0 Å². The molecule has 0 aliphatic carbocycles. The van der Waals surface area contributed by atoms with Crippen molar-refractivity contribution in [1.82, 2.24) is 5.32 Å². The van der Waals surface area contributed by atoms with Crippen LogP contribution in [0.2, 0.25) is 0 Å². The van der Waals surface area contributed by atoms with Gasteiger partial charge < -0.3 is 5.32 Å². The average Bonchev–Trinajstić information content (AvgIpc) is 2.48. The fourth-order valence-electron chi connectivity index (χ4n) is 3.45. The Morgan fingerprint density at radius 2 is 1.76 bits per heavy atom. The van der Waals surface area contributed by atoms with Gasteiger partial charge in [-0.1, -0.05) is 35.9 Å². The van der Waals surface area contributed by atoms with Gasteiger partial charge in [-0.2, -0.15) is 0 Å². The van der Waals surface area contributed by atoms with Crippen LogP contribution in [0.15, 0.2) is 42.5 Å². The Labute approximate surface area is 126 Å². The molecule has 1 heterocycles. The molecule has 0 amide bonds. The molecule has 2 unspecified atom stereocenters. The highest BCUT2D eigenvalue weighted by atomic mass is 19.1. The van der Waals surface area contributed by atoms with Crippen LogP contribution in [0.1, 0.15) is 40.5 Å². The minimum Gasteiger partial charge on any atom is -0.316 e. The van der Waals surface area contributed by atoms with Crippen molar-refractivity contribution >= 4 is 0 Å². The monoisotopic (exact) mass is 283 g/mol. The van der Waals surface area contributed by atoms with Crippen LogP contribution in [0.5, 0.6) is 0 Å². The van der Waals surface area contributed by atoms with Gasteiger partial charge in [0.15, 0.2) is 0 Å². The molecule has 1 aliphatic rings. The van der Waals surface area contributed by atoms with Crippen LogP contribution in [-0.2, 0) is 0 Å². The standard InChI is InChI=1S/C19H22FN/c1-13-3-5-15(6-4-13)19-12-21-10-9-18(19)17-8-7-16(20)11-14(17)2/h3-8,11,18-19,21H,9-10,12H2,1-2H3. The third-order valence-corrected chi connectivity index (χ3v) is 4.62. The minimum absolute atomic E-state index is 0.142. The van der Waals surface area contributed by atoms with E-state index in [4.69, 9.17) is 0 Å². The van der Waals surface area contributed by atoms with Crippen molar-refractivity contribution in [2.75, 3.05) is 13.1 Å². The number of hydrogen-bond acceptors (Lipinski definition) is 1. The van der Waals surface area contributed by atoms with Gasteiger partial charge in [0.25, 0.3) is 0 Å².